The van der Waals surface area contributed by atoms with Crippen molar-refractivity contribution in [1.82, 2.24) is 10.2 Å². The predicted octanol–water partition coefficient (Wildman–Crippen LogP) is 3.59. The molecule has 0 amide bonds. The monoisotopic (exact) mass is 380 g/mol. The molecule has 1 N–H and O–H groups in total. The third-order valence-corrected chi connectivity index (χ3v) is 6.80. The number of rotatable bonds is 4. The Morgan fingerprint density at radius 1 is 1.00 bits per heavy atom. The van der Waals surface area contributed by atoms with E-state index in [2.05, 4.69) is 39.2 Å². The molecule has 130 valence electrons. The number of aromatic nitrogens is 2. The quantitative estimate of drug-likeness (QED) is 0.588. The molecule has 26 heavy (non-hydrogen) atoms. The first-order chi connectivity index (χ1) is 12.9. The summed E-state index contributed by atoms with van der Waals surface area (Å²) in [5.74, 6) is 1.31. The van der Waals surface area contributed by atoms with Crippen molar-refractivity contribution in [2.24, 2.45) is 0 Å². The van der Waals surface area contributed by atoms with Gasteiger partial charge in [-0.25, -0.2) is 0 Å². The standard InChI is InChI=1S/C20H17N3OS2/c1-2-5-14(6-3-1)20-22-21-18(24-20)13-23-10-8-16-15(9-12-26-16)19(23)17-7-4-11-25-17/h1-7,9,11-12,19H,8,10,13H2/p+1/t19-/m0/s1. The van der Waals surface area contributed by atoms with Gasteiger partial charge in [-0.05, 0) is 35.0 Å². The summed E-state index contributed by atoms with van der Waals surface area (Å²) in [6.45, 7) is 1.83. The van der Waals surface area contributed by atoms with Gasteiger partial charge in [-0.1, -0.05) is 24.3 Å². The van der Waals surface area contributed by atoms with Crippen molar-refractivity contribution in [3.8, 4) is 11.5 Å². The Bertz CT molecular complexity index is 991. The Hall–Kier alpha value is -2.28. The third-order valence-electron chi connectivity index (χ3n) is 4.87. The second-order valence-electron chi connectivity index (χ2n) is 6.45. The maximum absolute atomic E-state index is 5.97. The largest absolute Gasteiger partial charge is 0.415 e. The lowest BCUT2D eigenvalue weighted by Crippen LogP contribution is -3.12. The van der Waals surface area contributed by atoms with Crippen molar-refractivity contribution in [3.05, 3.63) is 80.5 Å². The highest BCUT2D eigenvalue weighted by Gasteiger charge is 2.35. The van der Waals surface area contributed by atoms with Gasteiger partial charge < -0.3 is 9.32 Å². The molecule has 4 aromatic rings. The average Bonchev–Trinajstić information content (AvgIpc) is 3.44. The molecule has 0 spiro atoms. The average molecular weight is 381 g/mol. The number of benzene rings is 1. The van der Waals surface area contributed by atoms with Gasteiger partial charge in [0.2, 0.25) is 5.89 Å². The number of quaternary nitrogens is 1. The molecule has 6 heteroatoms. The molecule has 4 nitrogen and oxygen atoms in total. The first-order valence-corrected chi connectivity index (χ1v) is 10.5. The van der Waals surface area contributed by atoms with Gasteiger partial charge in [-0.3, -0.25) is 0 Å². The van der Waals surface area contributed by atoms with E-state index in [-0.39, 0.29) is 0 Å². The van der Waals surface area contributed by atoms with Crippen LogP contribution in [0.2, 0.25) is 0 Å². The fourth-order valence-electron chi connectivity index (χ4n) is 3.67. The fourth-order valence-corrected chi connectivity index (χ4v) is 5.49. The smallest absolute Gasteiger partial charge is 0.271 e. The number of hydrogen-bond donors (Lipinski definition) is 1. The summed E-state index contributed by atoms with van der Waals surface area (Å²) in [5, 5.41) is 12.9. The second kappa shape index (κ2) is 6.79. The lowest BCUT2D eigenvalue weighted by Gasteiger charge is -2.31. The molecule has 1 unspecified atom stereocenters. The van der Waals surface area contributed by atoms with E-state index in [1.54, 1.807) is 0 Å². The zero-order chi connectivity index (χ0) is 17.3. The van der Waals surface area contributed by atoms with E-state index in [9.17, 15) is 0 Å². The topological polar surface area (TPSA) is 43.4 Å². The summed E-state index contributed by atoms with van der Waals surface area (Å²) in [6.07, 6.45) is 1.11. The molecule has 1 aromatic carbocycles. The molecule has 1 aliphatic heterocycles. The zero-order valence-electron chi connectivity index (χ0n) is 14.1. The number of nitrogens with zero attached hydrogens (tertiary/aromatic N) is 2. The van der Waals surface area contributed by atoms with Gasteiger partial charge in [0.25, 0.3) is 5.89 Å². The highest BCUT2D eigenvalue weighted by atomic mass is 32.1. The van der Waals surface area contributed by atoms with E-state index >= 15 is 0 Å². The third kappa shape index (κ3) is 2.90. The van der Waals surface area contributed by atoms with E-state index in [0.717, 1.165) is 25.1 Å². The summed E-state index contributed by atoms with van der Waals surface area (Å²) in [6, 6.07) is 17.0. The van der Waals surface area contributed by atoms with Crippen LogP contribution < -0.4 is 4.90 Å². The number of nitrogens with one attached hydrogen (secondary N) is 1. The molecule has 0 aliphatic carbocycles. The van der Waals surface area contributed by atoms with E-state index in [1.165, 1.54) is 20.2 Å². The van der Waals surface area contributed by atoms with Crippen LogP contribution in [0.4, 0.5) is 0 Å². The SMILES string of the molecule is c1ccc(-c2nnc(C[NH+]3CCc4sccc4[C@H]3c3cccs3)o2)cc1. The Morgan fingerprint density at radius 3 is 2.77 bits per heavy atom. The Labute approximate surface area is 159 Å². The van der Waals surface area contributed by atoms with Crippen LogP contribution in [-0.2, 0) is 13.0 Å². The Morgan fingerprint density at radius 2 is 1.92 bits per heavy atom. The van der Waals surface area contributed by atoms with E-state index < -0.39 is 0 Å². The van der Waals surface area contributed by atoms with Crippen molar-refractivity contribution in [2.45, 2.75) is 19.0 Å². The highest BCUT2D eigenvalue weighted by molar-refractivity contribution is 7.10. The van der Waals surface area contributed by atoms with Crippen molar-refractivity contribution < 1.29 is 9.32 Å². The normalized spacial score (nSPS) is 19.4. The number of thiophene rings is 2. The van der Waals surface area contributed by atoms with Crippen LogP contribution in [-0.4, -0.2) is 16.7 Å². The molecular weight excluding hydrogens is 362 g/mol. The van der Waals surface area contributed by atoms with Crippen molar-refractivity contribution in [2.75, 3.05) is 6.54 Å². The van der Waals surface area contributed by atoms with Crippen molar-refractivity contribution in [3.63, 3.8) is 0 Å². The lowest BCUT2D eigenvalue weighted by molar-refractivity contribution is -0.942. The Balaban J connectivity index is 1.44. The van der Waals surface area contributed by atoms with Crippen LogP contribution in [0.1, 0.15) is 27.3 Å². The molecule has 0 fully saturated rings. The van der Waals surface area contributed by atoms with E-state index in [0.29, 0.717) is 17.8 Å². The van der Waals surface area contributed by atoms with Crippen LogP contribution >= 0.6 is 22.7 Å². The minimum absolute atomic E-state index is 0.358. The molecule has 1 aliphatic rings. The summed E-state index contributed by atoms with van der Waals surface area (Å²) in [5.41, 5.74) is 2.43. The van der Waals surface area contributed by atoms with Gasteiger partial charge in [0.05, 0.1) is 11.4 Å². The summed E-state index contributed by atoms with van der Waals surface area (Å²) >= 11 is 3.71. The molecule has 0 saturated carbocycles. The molecule has 5 rings (SSSR count). The minimum Gasteiger partial charge on any atom is -0.415 e. The van der Waals surface area contributed by atoms with Gasteiger partial charge in [-0.15, -0.1) is 32.9 Å². The summed E-state index contributed by atoms with van der Waals surface area (Å²) in [7, 11) is 0. The maximum Gasteiger partial charge on any atom is 0.271 e. The molecule has 3 aromatic heterocycles. The maximum atomic E-state index is 5.97. The molecule has 2 atom stereocenters. The Kier molecular flexibility index (Phi) is 4.16. The van der Waals surface area contributed by atoms with Crippen LogP contribution in [0.5, 0.6) is 0 Å². The highest BCUT2D eigenvalue weighted by Crippen LogP contribution is 2.32. The van der Waals surface area contributed by atoms with Gasteiger partial charge in [-0.2, -0.15) is 0 Å². The molecule has 4 heterocycles. The van der Waals surface area contributed by atoms with Crippen LogP contribution in [0.25, 0.3) is 11.5 Å². The van der Waals surface area contributed by atoms with Crippen molar-refractivity contribution >= 4 is 22.7 Å². The van der Waals surface area contributed by atoms with Crippen molar-refractivity contribution in [1.29, 1.82) is 0 Å². The van der Waals surface area contributed by atoms with Gasteiger partial charge >= 0.3 is 0 Å². The minimum atomic E-state index is 0.358. The van der Waals surface area contributed by atoms with Gasteiger partial charge in [0, 0.05) is 22.4 Å². The van der Waals surface area contributed by atoms with Crippen LogP contribution in [0.3, 0.4) is 0 Å². The lowest BCUT2D eigenvalue weighted by atomic mass is 9.98. The van der Waals surface area contributed by atoms with Crippen LogP contribution in [0, 0.1) is 0 Å². The second-order valence-corrected chi connectivity index (χ2v) is 8.43. The fraction of sp³-hybridized carbons (Fsp3) is 0.200. The molecular formula is C20H18N3OS2+. The zero-order valence-corrected chi connectivity index (χ0v) is 15.7. The van der Waals surface area contributed by atoms with Crippen LogP contribution in [0.15, 0.2) is 63.7 Å². The first-order valence-electron chi connectivity index (χ1n) is 8.70. The molecule has 0 saturated heterocycles. The van der Waals surface area contributed by atoms with E-state index in [1.807, 2.05) is 53.0 Å². The van der Waals surface area contributed by atoms with Gasteiger partial charge in [0.1, 0.15) is 6.04 Å². The number of fused-ring (bicyclic) bond motifs is 1. The van der Waals surface area contributed by atoms with E-state index in [4.69, 9.17) is 4.42 Å². The first kappa shape index (κ1) is 15.9. The molecule has 0 radical (unpaired) electrons. The van der Waals surface area contributed by atoms with Gasteiger partial charge in [0.15, 0.2) is 6.54 Å². The number of hydrogen-bond acceptors (Lipinski definition) is 5. The predicted molar refractivity (Wildman–Crippen MR) is 103 cm³/mol. The summed E-state index contributed by atoms with van der Waals surface area (Å²) < 4.78 is 5.97. The molecule has 0 bridgehead atoms. The summed E-state index contributed by atoms with van der Waals surface area (Å²) in [4.78, 5) is 4.39.